The Bertz CT molecular complexity index is 594. The second-order valence-corrected chi connectivity index (χ2v) is 4.29. The highest BCUT2D eigenvalue weighted by Gasteiger charge is 2.32. The molecule has 1 saturated carbocycles. The summed E-state index contributed by atoms with van der Waals surface area (Å²) in [7, 11) is 0. The molecule has 6 heteroatoms. The summed E-state index contributed by atoms with van der Waals surface area (Å²) in [5.74, 6) is 0.904. The van der Waals surface area contributed by atoms with E-state index < -0.39 is 0 Å². The van der Waals surface area contributed by atoms with Crippen LogP contribution in [0.5, 0.6) is 0 Å². The van der Waals surface area contributed by atoms with E-state index in [2.05, 4.69) is 21.4 Å². The molecule has 0 saturated heterocycles. The molecule has 0 aromatic carbocycles. The first-order chi connectivity index (χ1) is 8.31. The average Bonchev–Trinajstić information content (AvgIpc) is 3.15. The van der Waals surface area contributed by atoms with E-state index >= 15 is 0 Å². The van der Waals surface area contributed by atoms with Crippen molar-refractivity contribution in [2.45, 2.75) is 18.8 Å². The predicted octanol–water partition coefficient (Wildman–Crippen LogP) is 2.06. The largest absolute Gasteiger partial charge is 0.200 e. The highest BCUT2D eigenvalue weighted by molar-refractivity contribution is 6.31. The van der Waals surface area contributed by atoms with Gasteiger partial charge in [-0.15, -0.1) is 5.10 Å². The maximum atomic E-state index is 9.11. The van der Waals surface area contributed by atoms with Gasteiger partial charge in [0, 0.05) is 12.1 Å². The zero-order chi connectivity index (χ0) is 11.8. The first-order valence-electron chi connectivity index (χ1n) is 5.28. The molecule has 2 aromatic rings. The van der Waals surface area contributed by atoms with E-state index in [4.69, 9.17) is 16.9 Å². The second kappa shape index (κ2) is 3.82. The number of halogens is 1. The van der Waals surface area contributed by atoms with Gasteiger partial charge in [0.05, 0.1) is 5.69 Å². The molecule has 0 amide bonds. The van der Waals surface area contributed by atoms with Crippen molar-refractivity contribution in [2.24, 2.45) is 0 Å². The van der Waals surface area contributed by atoms with Gasteiger partial charge < -0.3 is 0 Å². The fourth-order valence-corrected chi connectivity index (χ4v) is 1.98. The minimum atomic E-state index is 0.315. The molecule has 0 aliphatic heterocycles. The molecule has 17 heavy (non-hydrogen) atoms. The van der Waals surface area contributed by atoms with E-state index in [-0.39, 0.29) is 0 Å². The van der Waals surface area contributed by atoms with Gasteiger partial charge in [-0.25, -0.2) is 4.68 Å². The van der Waals surface area contributed by atoms with Gasteiger partial charge >= 0.3 is 0 Å². The Morgan fingerprint density at radius 1 is 1.47 bits per heavy atom. The third-order valence-corrected chi connectivity index (χ3v) is 3.06. The van der Waals surface area contributed by atoms with Crippen molar-refractivity contribution >= 4 is 11.6 Å². The average molecular weight is 246 g/mol. The van der Waals surface area contributed by atoms with Gasteiger partial charge in [-0.2, -0.15) is 15.5 Å². The van der Waals surface area contributed by atoms with Crippen molar-refractivity contribution in [3.8, 4) is 11.9 Å². The van der Waals surface area contributed by atoms with Crippen LogP contribution in [0.2, 0.25) is 5.15 Å². The molecule has 0 unspecified atom stereocenters. The molecule has 0 atom stereocenters. The van der Waals surface area contributed by atoms with Gasteiger partial charge in [0.2, 0.25) is 0 Å². The molecule has 2 aromatic heterocycles. The van der Waals surface area contributed by atoms with Crippen LogP contribution in [0.3, 0.4) is 0 Å². The van der Waals surface area contributed by atoms with E-state index in [9.17, 15) is 0 Å². The summed E-state index contributed by atoms with van der Waals surface area (Å²) in [5.41, 5.74) is 1.24. The Morgan fingerprint density at radius 2 is 2.29 bits per heavy atom. The summed E-state index contributed by atoms with van der Waals surface area (Å²) in [6.07, 6.45) is 3.72. The van der Waals surface area contributed by atoms with Crippen molar-refractivity contribution < 1.29 is 0 Å². The smallest absolute Gasteiger partial charge is 0.177 e. The van der Waals surface area contributed by atoms with Crippen LogP contribution in [0.4, 0.5) is 0 Å². The topological polar surface area (TPSA) is 67.4 Å². The van der Waals surface area contributed by atoms with Gasteiger partial charge in [-0.05, 0) is 25.0 Å². The standard InChI is InChI=1S/C11H8ClN5/c12-11-8(6-13)10(7-3-4-7)16-17(11)9-2-1-5-14-15-9/h1-2,5,7H,3-4H2. The minimum Gasteiger partial charge on any atom is -0.200 e. The molecule has 0 bridgehead atoms. The van der Waals surface area contributed by atoms with E-state index in [0.717, 1.165) is 18.5 Å². The highest BCUT2D eigenvalue weighted by atomic mass is 35.5. The first kappa shape index (κ1) is 10.2. The number of hydrogen-bond acceptors (Lipinski definition) is 4. The molecule has 2 heterocycles. The summed E-state index contributed by atoms with van der Waals surface area (Å²) in [6, 6.07) is 5.62. The van der Waals surface area contributed by atoms with Crippen LogP contribution in [0, 0.1) is 11.3 Å². The van der Waals surface area contributed by atoms with Gasteiger partial charge in [0.25, 0.3) is 0 Å². The van der Waals surface area contributed by atoms with Crippen LogP contribution < -0.4 is 0 Å². The molecule has 84 valence electrons. The monoisotopic (exact) mass is 245 g/mol. The van der Waals surface area contributed by atoms with Crippen LogP contribution in [-0.2, 0) is 0 Å². The third-order valence-electron chi connectivity index (χ3n) is 2.71. The lowest BCUT2D eigenvalue weighted by molar-refractivity contribution is 0.790. The molecular formula is C11H8ClN5. The van der Waals surface area contributed by atoms with E-state index in [0.29, 0.717) is 22.5 Å². The normalized spacial score (nSPS) is 14.6. The Labute approximate surface area is 103 Å². The molecular weight excluding hydrogens is 238 g/mol. The SMILES string of the molecule is N#Cc1c(C2CC2)nn(-c2cccnn2)c1Cl. The van der Waals surface area contributed by atoms with Gasteiger partial charge in [0.1, 0.15) is 11.6 Å². The summed E-state index contributed by atoms with van der Waals surface area (Å²) in [4.78, 5) is 0. The summed E-state index contributed by atoms with van der Waals surface area (Å²) >= 11 is 6.15. The second-order valence-electron chi connectivity index (χ2n) is 3.93. The van der Waals surface area contributed by atoms with Crippen LogP contribution in [0.1, 0.15) is 30.0 Å². The number of aromatic nitrogens is 4. The molecule has 5 nitrogen and oxygen atoms in total. The Balaban J connectivity index is 2.16. The molecule has 1 aliphatic carbocycles. The number of nitrogens with zero attached hydrogens (tertiary/aromatic N) is 5. The molecule has 1 fully saturated rings. The molecule has 0 N–H and O–H groups in total. The number of nitriles is 1. The third kappa shape index (κ3) is 1.67. The van der Waals surface area contributed by atoms with E-state index in [1.165, 1.54) is 4.68 Å². The van der Waals surface area contributed by atoms with Gasteiger partial charge in [0.15, 0.2) is 11.0 Å². The van der Waals surface area contributed by atoms with Gasteiger partial charge in [-0.3, -0.25) is 0 Å². The Morgan fingerprint density at radius 3 is 2.88 bits per heavy atom. The Hall–Kier alpha value is -1.93. The maximum Gasteiger partial charge on any atom is 0.177 e. The zero-order valence-corrected chi connectivity index (χ0v) is 9.59. The predicted molar refractivity (Wildman–Crippen MR) is 60.9 cm³/mol. The van der Waals surface area contributed by atoms with Crippen LogP contribution in [0.25, 0.3) is 5.82 Å². The van der Waals surface area contributed by atoms with Gasteiger partial charge in [-0.1, -0.05) is 11.6 Å². The van der Waals surface area contributed by atoms with Crippen molar-refractivity contribution in [1.29, 1.82) is 5.26 Å². The minimum absolute atomic E-state index is 0.315. The van der Waals surface area contributed by atoms with Crippen LogP contribution in [-0.4, -0.2) is 20.0 Å². The molecule has 0 radical (unpaired) electrons. The quantitative estimate of drug-likeness (QED) is 0.812. The summed E-state index contributed by atoms with van der Waals surface area (Å²) in [5, 5.41) is 21.5. The zero-order valence-electron chi connectivity index (χ0n) is 8.84. The molecule has 3 rings (SSSR count). The lowest BCUT2D eigenvalue weighted by Crippen LogP contribution is -2.00. The summed E-state index contributed by atoms with van der Waals surface area (Å²) in [6.45, 7) is 0. The fourth-order valence-electron chi connectivity index (χ4n) is 1.72. The van der Waals surface area contributed by atoms with Crippen molar-refractivity contribution in [2.75, 3.05) is 0 Å². The van der Waals surface area contributed by atoms with E-state index in [1.807, 2.05) is 0 Å². The Kier molecular flexibility index (Phi) is 2.30. The molecule has 1 aliphatic rings. The fraction of sp³-hybridized carbons (Fsp3) is 0.273. The van der Waals surface area contributed by atoms with Crippen molar-refractivity contribution in [1.82, 2.24) is 20.0 Å². The van der Waals surface area contributed by atoms with Crippen LogP contribution >= 0.6 is 11.6 Å². The lowest BCUT2D eigenvalue weighted by atomic mass is 10.2. The summed E-state index contributed by atoms with van der Waals surface area (Å²) < 4.78 is 1.47. The van der Waals surface area contributed by atoms with Crippen molar-refractivity contribution in [3.63, 3.8) is 0 Å². The lowest BCUT2D eigenvalue weighted by Gasteiger charge is -1.98. The molecule has 0 spiro atoms. The highest BCUT2D eigenvalue weighted by Crippen LogP contribution is 2.42. The number of rotatable bonds is 2. The van der Waals surface area contributed by atoms with Crippen molar-refractivity contribution in [3.05, 3.63) is 34.7 Å². The van der Waals surface area contributed by atoms with Crippen LogP contribution in [0.15, 0.2) is 18.3 Å². The first-order valence-corrected chi connectivity index (χ1v) is 5.65. The van der Waals surface area contributed by atoms with E-state index in [1.54, 1.807) is 18.3 Å². The number of hydrogen-bond donors (Lipinski definition) is 0. The maximum absolute atomic E-state index is 9.11.